The molecule has 0 fully saturated rings. The van der Waals surface area contributed by atoms with Crippen molar-refractivity contribution < 1.29 is 19.1 Å². The highest BCUT2D eigenvalue weighted by molar-refractivity contribution is 7.21. The Morgan fingerprint density at radius 3 is 2.89 bits per heavy atom. The summed E-state index contributed by atoms with van der Waals surface area (Å²) < 4.78 is 5.97. The van der Waals surface area contributed by atoms with E-state index < -0.39 is 11.7 Å². The quantitative estimate of drug-likeness (QED) is 0.431. The van der Waals surface area contributed by atoms with Gasteiger partial charge in [-0.25, -0.2) is 4.98 Å². The number of hydrogen-bond acceptors (Lipinski definition) is 7. The van der Waals surface area contributed by atoms with E-state index in [0.717, 1.165) is 30.3 Å². The van der Waals surface area contributed by atoms with Crippen LogP contribution in [0.2, 0.25) is 0 Å². The molecule has 5 rings (SSSR count). The smallest absolute Gasteiger partial charge is 0.312 e. The molecule has 3 aromatic heterocycles. The normalized spacial score (nSPS) is 13.2. The van der Waals surface area contributed by atoms with Crippen LogP contribution in [-0.4, -0.2) is 16.0 Å². The number of rotatable bonds is 3. The van der Waals surface area contributed by atoms with Gasteiger partial charge in [-0.2, -0.15) is 0 Å². The number of aromatic nitrogens is 3. The van der Waals surface area contributed by atoms with Crippen molar-refractivity contribution in [3.8, 4) is 11.6 Å². The number of thiophene rings is 1. The largest absolute Gasteiger partial charge is 0.539 e. The van der Waals surface area contributed by atoms with Gasteiger partial charge in [-0.1, -0.05) is 18.2 Å². The Labute approximate surface area is 157 Å². The van der Waals surface area contributed by atoms with Gasteiger partial charge >= 0.3 is 5.69 Å². The van der Waals surface area contributed by atoms with Crippen LogP contribution in [0.15, 0.2) is 40.9 Å². The minimum Gasteiger partial charge on any atom is -0.539 e. The van der Waals surface area contributed by atoms with Crippen molar-refractivity contribution in [2.75, 3.05) is 5.73 Å². The summed E-state index contributed by atoms with van der Waals surface area (Å²) in [7, 11) is 0. The molecule has 1 aliphatic carbocycles. The first kappa shape index (κ1) is 16.0. The number of carbonyl (C=O) groups excluding carboxylic acids is 1. The van der Waals surface area contributed by atoms with Gasteiger partial charge in [0.2, 0.25) is 5.69 Å². The zero-order valence-electron chi connectivity index (χ0n) is 14.1. The fourth-order valence-electron chi connectivity index (χ4n) is 3.46. The molecule has 1 aromatic carbocycles. The predicted octanol–water partition coefficient (Wildman–Crippen LogP) is 1.94. The Morgan fingerprint density at radius 2 is 2.07 bits per heavy atom. The Kier molecular flexibility index (Phi) is 3.48. The minimum absolute atomic E-state index is 0.174. The SMILES string of the molecule is Nc1c(C(=O)c2c([O-])on[n+]2-c2ccccc2)sc2nc3c(cc12)CCC3. The topological polar surface area (TPSA) is 109 Å². The molecule has 0 bridgehead atoms. The van der Waals surface area contributed by atoms with Crippen LogP contribution in [0.25, 0.3) is 15.9 Å². The average molecular weight is 378 g/mol. The third kappa shape index (κ3) is 2.41. The monoisotopic (exact) mass is 378 g/mol. The van der Waals surface area contributed by atoms with E-state index in [0.29, 0.717) is 16.2 Å². The molecule has 7 nitrogen and oxygen atoms in total. The van der Waals surface area contributed by atoms with Crippen molar-refractivity contribution in [1.82, 2.24) is 10.3 Å². The van der Waals surface area contributed by atoms with Gasteiger partial charge in [0.15, 0.2) is 5.95 Å². The lowest BCUT2D eigenvalue weighted by Gasteiger charge is -1.99. The van der Waals surface area contributed by atoms with E-state index in [1.165, 1.54) is 21.6 Å². The van der Waals surface area contributed by atoms with E-state index in [4.69, 9.17) is 10.3 Å². The average Bonchev–Trinajstić information content (AvgIpc) is 3.38. The number of carbonyl (C=O) groups is 1. The molecule has 1 aliphatic rings. The molecule has 8 heteroatoms. The van der Waals surface area contributed by atoms with E-state index in [-0.39, 0.29) is 10.6 Å². The predicted molar refractivity (Wildman–Crippen MR) is 97.0 cm³/mol. The van der Waals surface area contributed by atoms with Crippen LogP contribution in [0.4, 0.5) is 5.69 Å². The highest BCUT2D eigenvalue weighted by atomic mass is 32.1. The molecular formula is C19H14N4O3S. The summed E-state index contributed by atoms with van der Waals surface area (Å²) in [6, 6.07) is 10.9. The van der Waals surface area contributed by atoms with Crippen LogP contribution in [0, 0.1) is 0 Å². The molecule has 0 aliphatic heterocycles. The second-order valence-electron chi connectivity index (χ2n) is 6.43. The van der Waals surface area contributed by atoms with Gasteiger partial charge in [0, 0.05) is 23.2 Å². The molecule has 0 saturated carbocycles. The van der Waals surface area contributed by atoms with Gasteiger partial charge in [-0.15, -0.1) is 11.3 Å². The fraction of sp³-hybridized carbons (Fsp3) is 0.158. The Bertz CT molecular complexity index is 1200. The zero-order chi connectivity index (χ0) is 18.5. The number of nitrogens with zero attached hydrogens (tertiary/aromatic N) is 3. The van der Waals surface area contributed by atoms with Gasteiger partial charge in [0.25, 0.3) is 5.78 Å². The van der Waals surface area contributed by atoms with Crippen LogP contribution in [0.3, 0.4) is 0 Å². The van der Waals surface area contributed by atoms with E-state index in [1.54, 1.807) is 24.3 Å². The zero-order valence-corrected chi connectivity index (χ0v) is 15.0. The van der Waals surface area contributed by atoms with Gasteiger partial charge in [0.05, 0.1) is 11.0 Å². The number of pyridine rings is 1. The summed E-state index contributed by atoms with van der Waals surface area (Å²) in [5, 5.41) is 16.7. The van der Waals surface area contributed by atoms with Crippen molar-refractivity contribution in [3.05, 3.63) is 58.2 Å². The number of ketones is 1. The molecule has 0 atom stereocenters. The van der Waals surface area contributed by atoms with Crippen molar-refractivity contribution >= 4 is 33.0 Å². The lowest BCUT2D eigenvalue weighted by atomic mass is 10.1. The van der Waals surface area contributed by atoms with Crippen molar-refractivity contribution in [3.63, 3.8) is 0 Å². The van der Waals surface area contributed by atoms with Crippen LogP contribution in [-0.2, 0) is 12.8 Å². The maximum atomic E-state index is 13.1. The third-order valence-electron chi connectivity index (χ3n) is 4.78. The summed E-state index contributed by atoms with van der Waals surface area (Å²) in [4.78, 5) is 18.8. The second kappa shape index (κ2) is 5.88. The van der Waals surface area contributed by atoms with Crippen molar-refractivity contribution in [1.29, 1.82) is 0 Å². The molecule has 134 valence electrons. The number of nitrogens with two attached hydrogens (primary N) is 1. The number of nitrogen functional groups attached to an aromatic ring is 1. The van der Waals surface area contributed by atoms with Gasteiger partial charge in [-0.05, 0) is 35.6 Å². The van der Waals surface area contributed by atoms with Crippen LogP contribution >= 0.6 is 11.3 Å². The summed E-state index contributed by atoms with van der Waals surface area (Å²) in [5.41, 5.74) is 9.25. The van der Waals surface area contributed by atoms with E-state index in [9.17, 15) is 9.90 Å². The molecule has 4 aromatic rings. The van der Waals surface area contributed by atoms with Gasteiger partial charge in [-0.3, -0.25) is 4.79 Å². The van der Waals surface area contributed by atoms with Crippen molar-refractivity contribution in [2.45, 2.75) is 19.3 Å². The Morgan fingerprint density at radius 1 is 1.26 bits per heavy atom. The fourth-order valence-corrected chi connectivity index (χ4v) is 4.49. The summed E-state index contributed by atoms with van der Waals surface area (Å²) in [6.07, 6.45) is 3.00. The molecule has 0 amide bonds. The van der Waals surface area contributed by atoms with E-state index >= 15 is 0 Å². The van der Waals surface area contributed by atoms with E-state index in [1.807, 2.05) is 12.1 Å². The molecular weight excluding hydrogens is 364 g/mol. The third-order valence-corrected chi connectivity index (χ3v) is 5.90. The molecule has 27 heavy (non-hydrogen) atoms. The van der Waals surface area contributed by atoms with E-state index in [2.05, 4.69) is 10.3 Å². The number of fused-ring (bicyclic) bond motifs is 2. The molecule has 2 N–H and O–H groups in total. The van der Waals surface area contributed by atoms with Gasteiger partial charge < -0.3 is 15.4 Å². The summed E-state index contributed by atoms with van der Waals surface area (Å²) in [6.45, 7) is 0. The van der Waals surface area contributed by atoms with Gasteiger partial charge in [0.1, 0.15) is 9.71 Å². The first-order valence-electron chi connectivity index (χ1n) is 8.53. The Balaban J connectivity index is 1.65. The Hall–Kier alpha value is -3.26. The molecule has 0 unspecified atom stereocenters. The summed E-state index contributed by atoms with van der Waals surface area (Å²) in [5.74, 6) is -1.30. The lowest BCUT2D eigenvalue weighted by molar-refractivity contribution is -0.672. The number of aryl methyl sites for hydroxylation is 2. The first-order valence-corrected chi connectivity index (χ1v) is 9.35. The van der Waals surface area contributed by atoms with Crippen LogP contribution < -0.4 is 15.5 Å². The maximum Gasteiger partial charge on any atom is 0.312 e. The highest BCUT2D eigenvalue weighted by Gasteiger charge is 2.32. The van der Waals surface area contributed by atoms with Crippen LogP contribution in [0.1, 0.15) is 33.0 Å². The molecule has 3 heterocycles. The molecule has 0 spiro atoms. The number of benzene rings is 1. The van der Waals surface area contributed by atoms with Crippen LogP contribution in [0.5, 0.6) is 5.95 Å². The molecule has 0 saturated heterocycles. The minimum atomic E-state index is -0.795. The first-order chi connectivity index (χ1) is 13.1. The number of hydrogen-bond donors (Lipinski definition) is 1. The van der Waals surface area contributed by atoms with Crippen molar-refractivity contribution in [2.24, 2.45) is 0 Å². The lowest BCUT2D eigenvalue weighted by Crippen LogP contribution is -2.39. The second-order valence-corrected chi connectivity index (χ2v) is 7.43. The standard InChI is InChI=1S/C19H14N4O3S/c20-14-12-9-10-5-4-8-13(10)21-18(12)27-17(14)16(24)15-19(25)26-22-23(15)11-6-2-1-3-7-11/h1-3,6-7,9H,4-5,8H2,(H2-,20,22,24,25). The highest BCUT2D eigenvalue weighted by Crippen LogP contribution is 2.37. The number of para-hydroxylation sites is 1. The maximum absolute atomic E-state index is 13.1. The summed E-state index contributed by atoms with van der Waals surface area (Å²) >= 11 is 1.20. The molecule has 0 radical (unpaired) electrons. The number of anilines is 1.